The van der Waals surface area contributed by atoms with E-state index in [4.69, 9.17) is 4.74 Å². The van der Waals surface area contributed by atoms with E-state index in [1.807, 2.05) is 19.1 Å². The van der Waals surface area contributed by atoms with Crippen LogP contribution in [0.2, 0.25) is 0 Å². The Morgan fingerprint density at radius 3 is 2.76 bits per heavy atom. The van der Waals surface area contributed by atoms with Crippen LogP contribution in [0.1, 0.15) is 72.1 Å². The second kappa shape index (κ2) is 10.6. The molecule has 5 nitrogen and oxygen atoms in total. The van der Waals surface area contributed by atoms with Gasteiger partial charge in [-0.15, -0.1) is 0 Å². The van der Waals surface area contributed by atoms with Gasteiger partial charge in [-0.05, 0) is 63.1 Å². The normalized spacial score (nSPS) is 21.6. The maximum absolute atomic E-state index is 13.0. The summed E-state index contributed by atoms with van der Waals surface area (Å²) in [5, 5.41) is 0.359. The molecule has 0 atom stereocenters. The summed E-state index contributed by atoms with van der Waals surface area (Å²) >= 11 is 1.40. The quantitative estimate of drug-likeness (QED) is 0.433. The number of hydrogen-bond donors (Lipinski definition) is 0. The second-order valence-corrected chi connectivity index (χ2v) is 10.7. The fourth-order valence-electron chi connectivity index (χ4n) is 4.91. The number of aryl methyl sites for hydroxylation is 1. The predicted octanol–water partition coefficient (Wildman–Crippen LogP) is 5.71. The van der Waals surface area contributed by atoms with Crippen LogP contribution in [-0.2, 0) is 13.0 Å². The minimum Gasteiger partial charge on any atom is -0.464 e. The zero-order chi connectivity index (χ0) is 23.4. The highest BCUT2D eigenvalue weighted by molar-refractivity contribution is 7.13. The molecule has 0 N–H and O–H groups in total. The maximum atomic E-state index is 13.0. The van der Waals surface area contributed by atoms with Gasteiger partial charge in [0.2, 0.25) is 0 Å². The van der Waals surface area contributed by atoms with E-state index in [9.17, 15) is 13.6 Å². The number of thiazole rings is 1. The van der Waals surface area contributed by atoms with E-state index in [0.29, 0.717) is 23.5 Å². The van der Waals surface area contributed by atoms with Gasteiger partial charge in [0.25, 0.3) is 11.1 Å². The number of fused-ring (bicyclic) bond motifs is 1. The largest absolute Gasteiger partial charge is 0.464 e. The summed E-state index contributed by atoms with van der Waals surface area (Å²) in [6.45, 7) is 4.91. The van der Waals surface area contributed by atoms with Crippen LogP contribution in [0.15, 0.2) is 18.3 Å². The number of ketones is 1. The van der Waals surface area contributed by atoms with E-state index in [2.05, 4.69) is 14.9 Å². The maximum Gasteiger partial charge on any atom is 0.278 e. The molecule has 2 aromatic rings. The van der Waals surface area contributed by atoms with Crippen LogP contribution < -0.4 is 4.74 Å². The number of halogens is 2. The summed E-state index contributed by atoms with van der Waals surface area (Å²) < 4.78 is 31.3. The highest BCUT2D eigenvalue weighted by Crippen LogP contribution is 2.35. The monoisotopic (exact) mass is 477 g/mol. The van der Waals surface area contributed by atoms with E-state index in [1.165, 1.54) is 24.2 Å². The van der Waals surface area contributed by atoms with Gasteiger partial charge in [0.1, 0.15) is 0 Å². The first-order valence-corrected chi connectivity index (χ1v) is 12.7. The summed E-state index contributed by atoms with van der Waals surface area (Å²) in [4.78, 5) is 24.9. The van der Waals surface area contributed by atoms with Crippen molar-refractivity contribution in [2.75, 3.05) is 19.7 Å². The molecule has 1 aliphatic carbocycles. The molecule has 0 bridgehead atoms. The van der Waals surface area contributed by atoms with Crippen LogP contribution in [0.4, 0.5) is 8.78 Å². The van der Waals surface area contributed by atoms with Crippen molar-refractivity contribution in [1.82, 2.24) is 14.9 Å². The van der Waals surface area contributed by atoms with Crippen molar-refractivity contribution in [1.29, 1.82) is 0 Å². The predicted molar refractivity (Wildman–Crippen MR) is 125 cm³/mol. The Bertz CT molecular complexity index is 951. The smallest absolute Gasteiger partial charge is 0.278 e. The summed E-state index contributed by atoms with van der Waals surface area (Å²) in [6, 6.07) is 3.72. The van der Waals surface area contributed by atoms with Crippen molar-refractivity contribution < 1.29 is 18.3 Å². The number of hydrogen-bond acceptors (Lipinski definition) is 6. The van der Waals surface area contributed by atoms with Gasteiger partial charge in [-0.1, -0.05) is 24.2 Å². The number of carbonyl (C=O) groups excluding carboxylic acids is 1. The lowest BCUT2D eigenvalue weighted by atomic mass is 9.78. The topological polar surface area (TPSA) is 55.3 Å². The molecular formula is C25H33F2N3O2S. The summed E-state index contributed by atoms with van der Waals surface area (Å²) in [7, 11) is 0. The van der Waals surface area contributed by atoms with Gasteiger partial charge in [-0.2, -0.15) is 0 Å². The Morgan fingerprint density at radius 2 is 2.03 bits per heavy atom. The molecule has 0 radical (unpaired) electrons. The van der Waals surface area contributed by atoms with Crippen LogP contribution >= 0.6 is 11.3 Å². The van der Waals surface area contributed by atoms with Crippen molar-refractivity contribution in [3.8, 4) is 5.19 Å². The molecule has 0 aromatic carbocycles. The minimum atomic E-state index is -2.85. The number of Topliss-reactive ketones (excluding diaryl/α,β-unsaturated/α-hetero) is 1. The Balaban J connectivity index is 1.18. The van der Waals surface area contributed by atoms with Crippen LogP contribution in [0, 0.1) is 18.8 Å². The van der Waals surface area contributed by atoms with Crippen LogP contribution in [0.3, 0.4) is 0 Å². The summed E-state index contributed by atoms with van der Waals surface area (Å²) in [5.74, 6) is -1.43. The summed E-state index contributed by atoms with van der Waals surface area (Å²) in [5.41, 5.74) is 2.57. The van der Waals surface area contributed by atoms with Gasteiger partial charge >= 0.3 is 0 Å². The Hall–Kier alpha value is -1.93. The molecular weight excluding hydrogens is 444 g/mol. The molecule has 33 heavy (non-hydrogen) atoms. The lowest BCUT2D eigenvalue weighted by Crippen LogP contribution is -2.32. The Morgan fingerprint density at radius 1 is 1.27 bits per heavy atom. The molecule has 0 unspecified atom stereocenters. The minimum absolute atomic E-state index is 0.224. The first-order chi connectivity index (χ1) is 15.8. The molecule has 0 spiro atoms. The molecule has 1 fully saturated rings. The number of ether oxygens (including phenoxy) is 1. The number of alkyl halides is 2. The van der Waals surface area contributed by atoms with Crippen molar-refractivity contribution in [2.24, 2.45) is 11.8 Å². The number of pyridine rings is 1. The van der Waals surface area contributed by atoms with E-state index in [1.54, 1.807) is 6.20 Å². The lowest BCUT2D eigenvalue weighted by Gasteiger charge is -2.31. The fourth-order valence-corrected chi connectivity index (χ4v) is 5.82. The SMILES string of the molecule is Cc1ncccc1C(=O)CC1CCC(CCN2CCc3sc(OCC(C)(F)F)nc3C2)CC1. The molecule has 3 heterocycles. The van der Waals surface area contributed by atoms with Gasteiger partial charge < -0.3 is 4.74 Å². The van der Waals surface area contributed by atoms with Gasteiger partial charge in [0.05, 0.1) is 5.69 Å². The summed E-state index contributed by atoms with van der Waals surface area (Å²) in [6.07, 6.45) is 9.03. The van der Waals surface area contributed by atoms with Crippen molar-refractivity contribution >= 4 is 17.1 Å². The van der Waals surface area contributed by atoms with Crippen molar-refractivity contribution in [2.45, 2.75) is 71.3 Å². The molecule has 1 aliphatic heterocycles. The van der Waals surface area contributed by atoms with E-state index < -0.39 is 12.5 Å². The zero-order valence-electron chi connectivity index (χ0n) is 19.5. The van der Waals surface area contributed by atoms with E-state index in [0.717, 1.165) is 74.1 Å². The van der Waals surface area contributed by atoms with Crippen LogP contribution in [0.5, 0.6) is 5.19 Å². The first-order valence-electron chi connectivity index (χ1n) is 11.9. The average molecular weight is 478 g/mol. The molecule has 8 heteroatoms. The number of aromatic nitrogens is 2. The molecule has 0 amide bonds. The molecule has 180 valence electrons. The third-order valence-electron chi connectivity index (χ3n) is 6.84. The third-order valence-corrected chi connectivity index (χ3v) is 7.91. The van der Waals surface area contributed by atoms with Gasteiger partial charge in [-0.3, -0.25) is 14.7 Å². The first kappa shape index (κ1) is 24.2. The average Bonchev–Trinajstić information content (AvgIpc) is 3.19. The van der Waals surface area contributed by atoms with Gasteiger partial charge in [0, 0.05) is 48.8 Å². The molecule has 0 saturated heterocycles. The van der Waals surface area contributed by atoms with E-state index >= 15 is 0 Å². The van der Waals surface area contributed by atoms with E-state index in [-0.39, 0.29) is 5.78 Å². The second-order valence-electron chi connectivity index (χ2n) is 9.67. The zero-order valence-corrected chi connectivity index (χ0v) is 20.3. The highest BCUT2D eigenvalue weighted by Gasteiger charge is 2.27. The number of nitrogens with zero attached hydrogens (tertiary/aromatic N) is 3. The molecule has 4 rings (SSSR count). The number of carbonyl (C=O) groups is 1. The van der Waals surface area contributed by atoms with Gasteiger partial charge in [-0.25, -0.2) is 13.8 Å². The third kappa shape index (κ3) is 6.79. The van der Waals surface area contributed by atoms with Crippen LogP contribution in [-0.4, -0.2) is 46.3 Å². The molecule has 2 aliphatic rings. The Labute approximate surface area is 198 Å². The number of rotatable bonds is 9. The highest BCUT2D eigenvalue weighted by atomic mass is 32.1. The molecule has 1 saturated carbocycles. The van der Waals surface area contributed by atoms with Crippen LogP contribution in [0.25, 0.3) is 0 Å². The fraction of sp³-hybridized carbons (Fsp3) is 0.640. The van der Waals surface area contributed by atoms with Gasteiger partial charge in [0.15, 0.2) is 12.4 Å². The van der Waals surface area contributed by atoms with Crippen molar-refractivity contribution in [3.63, 3.8) is 0 Å². The Kier molecular flexibility index (Phi) is 7.74. The lowest BCUT2D eigenvalue weighted by molar-refractivity contribution is -0.0230. The standard InChI is InChI=1S/C25H33F2N3O2S/c1-17-20(4-3-11-28-17)22(31)14-19-7-5-18(6-8-19)9-12-30-13-10-23-21(15-30)29-24(33-23)32-16-25(2,26)27/h3-4,11,18-19H,5-10,12-16H2,1-2H3. The molecule has 2 aromatic heterocycles. The van der Waals surface area contributed by atoms with Crippen molar-refractivity contribution in [3.05, 3.63) is 40.2 Å².